The first kappa shape index (κ1) is 62.1. The van der Waals surface area contributed by atoms with Crippen molar-refractivity contribution in [2.45, 2.75) is 273 Å². The Hall–Kier alpha value is -2.02. The molecule has 0 aromatic heterocycles. The molecule has 2 rings (SSSR count). The molecule has 2 fully saturated rings. The van der Waals surface area contributed by atoms with Gasteiger partial charge in [0.2, 0.25) is 0 Å². The Morgan fingerprint density at radius 2 is 0.912 bits per heavy atom. The molecule has 15 nitrogen and oxygen atoms in total. The topological polar surface area (TPSA) is 231 Å². The maximum atomic E-state index is 13.0. The number of carbonyl (C=O) groups excluding carboxylic acids is 2. The van der Waals surface area contributed by atoms with Crippen LogP contribution in [0.25, 0.3) is 0 Å². The van der Waals surface area contributed by atoms with E-state index < -0.39 is 92.7 Å². The van der Waals surface area contributed by atoms with E-state index in [1.165, 1.54) is 128 Å². The van der Waals surface area contributed by atoms with E-state index in [1.54, 1.807) is 0 Å². The third-order valence-corrected chi connectivity index (χ3v) is 13.0. The van der Waals surface area contributed by atoms with Gasteiger partial charge in [0.15, 0.2) is 18.7 Å². The van der Waals surface area contributed by atoms with Crippen molar-refractivity contribution in [1.82, 2.24) is 0 Å². The standard InChI is InChI=1S/C53H96O15/c1-3-5-7-9-11-13-15-17-19-20-22-23-25-27-29-31-33-35-44(55)63-38-41(66-45(56)36-34-32-30-28-26-24-21-18-16-14-12-10-8-6-4-2)39-64-52-51(62)49(60)47(58)43(68-52)40-65-53-50(61)48(59)46(57)42(37-54)67-53/h4,13,15,41-43,46-54,57-62H,2-3,5-12,14,16-40H2,1H3/b15-13+/t41-,42+,43+,46-,47-,48?,49?,50?,51?,52+,53+/m0/s1. The molecule has 0 amide bonds. The summed E-state index contributed by atoms with van der Waals surface area (Å²) in [5, 5.41) is 72.1. The zero-order chi connectivity index (χ0) is 49.6. The fraction of sp³-hybridized carbons (Fsp3) is 0.887. The number of rotatable bonds is 43. The molecular weight excluding hydrogens is 877 g/mol. The summed E-state index contributed by atoms with van der Waals surface area (Å²) < 4.78 is 33.6. The Bertz CT molecular complexity index is 1270. The number of esters is 2. The number of hydrogen-bond acceptors (Lipinski definition) is 15. The second kappa shape index (κ2) is 40.6. The minimum absolute atomic E-state index is 0.165. The molecule has 0 aromatic rings. The summed E-state index contributed by atoms with van der Waals surface area (Å²) in [5.41, 5.74) is 0. The molecule has 0 spiro atoms. The summed E-state index contributed by atoms with van der Waals surface area (Å²) in [6.07, 6.45) is 23.7. The highest BCUT2D eigenvalue weighted by Gasteiger charge is 2.47. The highest BCUT2D eigenvalue weighted by atomic mass is 16.7. The maximum absolute atomic E-state index is 13.0. The van der Waals surface area contributed by atoms with Crippen molar-refractivity contribution >= 4 is 11.9 Å². The lowest BCUT2D eigenvalue weighted by molar-refractivity contribution is -0.332. The van der Waals surface area contributed by atoms with Gasteiger partial charge in [-0.15, -0.1) is 6.58 Å². The van der Waals surface area contributed by atoms with Crippen molar-refractivity contribution in [3.05, 3.63) is 24.8 Å². The van der Waals surface area contributed by atoms with E-state index in [2.05, 4.69) is 25.7 Å². The van der Waals surface area contributed by atoms with E-state index in [0.29, 0.717) is 12.8 Å². The zero-order valence-electron chi connectivity index (χ0n) is 41.9. The fourth-order valence-electron chi connectivity index (χ4n) is 8.60. The third-order valence-electron chi connectivity index (χ3n) is 13.0. The normalized spacial score (nSPS) is 25.7. The van der Waals surface area contributed by atoms with Crippen LogP contribution < -0.4 is 0 Å². The van der Waals surface area contributed by atoms with Crippen molar-refractivity contribution in [3.8, 4) is 0 Å². The van der Waals surface area contributed by atoms with Crippen LogP contribution in [-0.2, 0) is 38.0 Å². The van der Waals surface area contributed by atoms with Crippen LogP contribution >= 0.6 is 0 Å². The molecule has 0 aromatic carbocycles. The van der Waals surface area contributed by atoms with Gasteiger partial charge in [-0.3, -0.25) is 9.59 Å². The van der Waals surface area contributed by atoms with Crippen LogP contribution in [0.4, 0.5) is 0 Å². The Labute approximate surface area is 409 Å². The van der Waals surface area contributed by atoms with E-state index in [9.17, 15) is 45.3 Å². The van der Waals surface area contributed by atoms with E-state index in [4.69, 9.17) is 28.4 Å². The van der Waals surface area contributed by atoms with Crippen molar-refractivity contribution in [3.63, 3.8) is 0 Å². The molecule has 15 heteroatoms. The Morgan fingerprint density at radius 3 is 1.40 bits per heavy atom. The summed E-state index contributed by atoms with van der Waals surface area (Å²) in [5.74, 6) is -0.922. The van der Waals surface area contributed by atoms with Gasteiger partial charge in [0.05, 0.1) is 19.8 Å². The molecule has 68 heavy (non-hydrogen) atoms. The van der Waals surface area contributed by atoms with Gasteiger partial charge in [0.25, 0.3) is 0 Å². The predicted octanol–water partition coefficient (Wildman–Crippen LogP) is 7.94. The van der Waals surface area contributed by atoms with Crippen LogP contribution in [0.1, 0.15) is 206 Å². The molecular formula is C53H96O15. The minimum atomic E-state index is -1.76. The van der Waals surface area contributed by atoms with E-state index in [-0.39, 0.29) is 26.1 Å². The molecule has 11 atom stereocenters. The highest BCUT2D eigenvalue weighted by molar-refractivity contribution is 5.70. The summed E-state index contributed by atoms with van der Waals surface area (Å²) in [7, 11) is 0. The fourth-order valence-corrected chi connectivity index (χ4v) is 8.60. The molecule has 398 valence electrons. The van der Waals surface area contributed by atoms with Gasteiger partial charge in [-0.05, 0) is 51.4 Å². The molecule has 0 aliphatic carbocycles. The molecule has 7 N–H and O–H groups in total. The van der Waals surface area contributed by atoms with Gasteiger partial charge >= 0.3 is 11.9 Å². The molecule has 0 radical (unpaired) electrons. The van der Waals surface area contributed by atoms with Crippen LogP contribution in [0, 0.1) is 0 Å². The van der Waals surface area contributed by atoms with Gasteiger partial charge in [-0.25, -0.2) is 0 Å². The summed E-state index contributed by atoms with van der Waals surface area (Å²) in [4.78, 5) is 25.8. The summed E-state index contributed by atoms with van der Waals surface area (Å²) in [6.45, 7) is 4.13. The predicted molar refractivity (Wildman–Crippen MR) is 261 cm³/mol. The van der Waals surface area contributed by atoms with Crippen molar-refractivity contribution in [2.75, 3.05) is 26.4 Å². The SMILES string of the molecule is C=CCCCCCCCCCCCCCCCC(=O)O[C@@H](COC(=O)CCCCCCCCCCC/C=C/CCCCCC)CO[C@@H]1O[C@H](CO[C@@H]2O[C@H](CO)[C@H](O)C(O)C2O)[C@H](O)C(O)C1O. The molecule has 4 unspecified atom stereocenters. The second-order valence-electron chi connectivity index (χ2n) is 19.1. The quantitative estimate of drug-likeness (QED) is 0.0175. The lowest BCUT2D eigenvalue weighted by Crippen LogP contribution is -2.61. The van der Waals surface area contributed by atoms with Gasteiger partial charge in [-0.1, -0.05) is 160 Å². The first-order valence-electron chi connectivity index (χ1n) is 26.9. The number of carbonyl (C=O) groups is 2. The average Bonchev–Trinajstić information content (AvgIpc) is 3.33. The van der Waals surface area contributed by atoms with Crippen molar-refractivity contribution < 1.29 is 73.8 Å². The molecule has 2 aliphatic rings. The largest absolute Gasteiger partial charge is 0.462 e. The van der Waals surface area contributed by atoms with Crippen LogP contribution in [0.3, 0.4) is 0 Å². The molecule has 2 saturated heterocycles. The number of unbranched alkanes of at least 4 members (excludes halogenated alkanes) is 26. The number of hydrogen-bond donors (Lipinski definition) is 7. The van der Waals surface area contributed by atoms with Gasteiger partial charge < -0.3 is 64.2 Å². The number of aliphatic hydroxyl groups is 7. The van der Waals surface area contributed by atoms with E-state index >= 15 is 0 Å². The van der Waals surface area contributed by atoms with E-state index in [0.717, 1.165) is 44.9 Å². The monoisotopic (exact) mass is 973 g/mol. The van der Waals surface area contributed by atoms with Crippen LogP contribution in [0.2, 0.25) is 0 Å². The maximum Gasteiger partial charge on any atom is 0.306 e. The first-order valence-corrected chi connectivity index (χ1v) is 26.9. The minimum Gasteiger partial charge on any atom is -0.462 e. The average molecular weight is 973 g/mol. The van der Waals surface area contributed by atoms with Crippen LogP contribution in [0.15, 0.2) is 24.8 Å². The number of ether oxygens (including phenoxy) is 6. The Kier molecular flexibility index (Phi) is 37.0. The van der Waals surface area contributed by atoms with Crippen LogP contribution in [0.5, 0.6) is 0 Å². The Balaban J connectivity index is 1.78. The molecule has 0 bridgehead atoms. The Morgan fingerprint density at radius 1 is 0.500 bits per heavy atom. The first-order chi connectivity index (χ1) is 33.0. The third kappa shape index (κ3) is 28.1. The van der Waals surface area contributed by atoms with Gasteiger partial charge in [-0.2, -0.15) is 0 Å². The second-order valence-corrected chi connectivity index (χ2v) is 19.1. The molecule has 2 aliphatic heterocycles. The number of allylic oxidation sites excluding steroid dienone is 3. The van der Waals surface area contributed by atoms with Gasteiger partial charge in [0.1, 0.15) is 55.4 Å². The number of aliphatic hydroxyl groups excluding tert-OH is 7. The van der Waals surface area contributed by atoms with Crippen molar-refractivity contribution in [2.24, 2.45) is 0 Å². The molecule has 2 heterocycles. The van der Waals surface area contributed by atoms with Crippen LogP contribution in [-0.4, -0.2) is 142 Å². The molecule has 0 saturated carbocycles. The van der Waals surface area contributed by atoms with Gasteiger partial charge in [0, 0.05) is 12.8 Å². The summed E-state index contributed by atoms with van der Waals surface area (Å²) >= 11 is 0. The summed E-state index contributed by atoms with van der Waals surface area (Å²) in [6, 6.07) is 0. The van der Waals surface area contributed by atoms with Crippen molar-refractivity contribution in [1.29, 1.82) is 0 Å². The lowest BCUT2D eigenvalue weighted by Gasteiger charge is -2.42. The zero-order valence-corrected chi connectivity index (χ0v) is 41.9. The van der Waals surface area contributed by atoms with E-state index in [1.807, 2.05) is 6.08 Å². The highest BCUT2D eigenvalue weighted by Crippen LogP contribution is 2.27. The smallest absolute Gasteiger partial charge is 0.306 e. The lowest BCUT2D eigenvalue weighted by atomic mass is 9.98.